The third-order valence-electron chi connectivity index (χ3n) is 2.30. The van der Waals surface area contributed by atoms with Crippen molar-refractivity contribution in [2.45, 2.75) is 6.92 Å². The number of carbonyl (C=O) groups excluding carboxylic acids is 1. The molecule has 0 aliphatic rings. The highest BCUT2D eigenvalue weighted by atomic mass is 16.8. The number of hydrogen-bond acceptors (Lipinski definition) is 5. The van der Waals surface area contributed by atoms with Gasteiger partial charge in [0.1, 0.15) is 5.36 Å². The van der Waals surface area contributed by atoms with Gasteiger partial charge in [0.25, 0.3) is 0 Å². The van der Waals surface area contributed by atoms with Gasteiger partial charge in [0.2, 0.25) is 0 Å². The van der Waals surface area contributed by atoms with Crippen molar-refractivity contribution in [1.82, 2.24) is 4.73 Å². The van der Waals surface area contributed by atoms with Crippen LogP contribution in [0.4, 0.5) is 0 Å². The molecular weight excluding hydrogens is 248 g/mol. The lowest BCUT2D eigenvalue weighted by Gasteiger charge is -2.04. The molecule has 1 heterocycles. The van der Waals surface area contributed by atoms with Crippen molar-refractivity contribution in [1.29, 1.82) is 0 Å². The maximum absolute atomic E-state index is 10.7. The van der Waals surface area contributed by atoms with Gasteiger partial charge in [0.15, 0.2) is 0 Å². The van der Waals surface area contributed by atoms with E-state index in [2.05, 4.69) is 16.5 Å². The van der Waals surface area contributed by atoms with Crippen LogP contribution in [0.3, 0.4) is 0 Å². The van der Waals surface area contributed by atoms with E-state index < -0.39 is 5.97 Å². The monoisotopic (exact) mass is 260 g/mol. The number of para-hydroxylation sites is 1. The number of esters is 1. The predicted octanol–water partition coefficient (Wildman–Crippen LogP) is 1.75. The van der Waals surface area contributed by atoms with Crippen LogP contribution in [0.5, 0.6) is 0 Å². The summed E-state index contributed by atoms with van der Waals surface area (Å²) in [4.78, 5) is 15.6. The molecule has 1 aromatic heterocycles. The number of pyridine rings is 1. The van der Waals surface area contributed by atoms with Crippen LogP contribution in [-0.4, -0.2) is 15.9 Å². The van der Waals surface area contributed by atoms with Crippen LogP contribution in [0, 0.1) is 0 Å². The summed E-state index contributed by atoms with van der Waals surface area (Å²) in [7, 11) is 0. The zero-order valence-electron chi connectivity index (χ0n) is 10.2. The smallest absolute Gasteiger partial charge is 0.310 e. The Morgan fingerprint density at radius 1 is 1.37 bits per heavy atom. The zero-order chi connectivity index (χ0) is 13.8. The molecule has 2 rings (SSSR count). The molecule has 19 heavy (non-hydrogen) atoms. The lowest BCUT2D eigenvalue weighted by molar-refractivity contribution is -0.142. The molecule has 0 spiro atoms. The average Bonchev–Trinajstić information content (AvgIpc) is 2.37. The summed E-state index contributed by atoms with van der Waals surface area (Å²) in [6, 6.07) is 8.66. The molecule has 0 aliphatic carbocycles. The van der Waals surface area contributed by atoms with Crippen LogP contribution in [0.2, 0.25) is 0 Å². The number of benzene rings is 1. The Bertz CT molecular complexity index is 703. The van der Waals surface area contributed by atoms with Gasteiger partial charge in [-0.05, 0) is 18.7 Å². The summed E-state index contributed by atoms with van der Waals surface area (Å²) in [5, 5.41) is 14.6. The second-order valence-corrected chi connectivity index (χ2v) is 3.71. The summed E-state index contributed by atoms with van der Waals surface area (Å²) in [5.41, 5.74) is 0.574. The molecule has 0 atom stereocenters. The normalized spacial score (nSPS) is 11.3. The number of ether oxygens (including phenoxy) is 1. The standard InChI is InChI=1S/C13H12N2O4/c1-9(16)18-10(2)19-14-12-7-8-15(17)13-6-4-3-5-11(12)13/h3-8,17H,2H2,1H3/b14-12+. The molecule has 0 saturated heterocycles. The van der Waals surface area contributed by atoms with E-state index in [9.17, 15) is 10.0 Å². The van der Waals surface area contributed by atoms with E-state index in [4.69, 9.17) is 4.84 Å². The van der Waals surface area contributed by atoms with Crippen molar-refractivity contribution in [3.63, 3.8) is 0 Å². The van der Waals surface area contributed by atoms with E-state index in [-0.39, 0.29) is 5.95 Å². The van der Waals surface area contributed by atoms with Gasteiger partial charge >= 0.3 is 11.9 Å². The highest BCUT2D eigenvalue weighted by molar-refractivity contribution is 5.77. The molecule has 0 aliphatic heterocycles. The molecule has 6 heteroatoms. The topological polar surface area (TPSA) is 73.1 Å². The maximum atomic E-state index is 10.7. The van der Waals surface area contributed by atoms with E-state index in [0.717, 1.165) is 4.73 Å². The lowest BCUT2D eigenvalue weighted by Crippen LogP contribution is -2.09. The molecule has 2 aromatic rings. The Morgan fingerprint density at radius 3 is 2.84 bits per heavy atom. The van der Waals surface area contributed by atoms with Crippen molar-refractivity contribution in [2.24, 2.45) is 5.16 Å². The van der Waals surface area contributed by atoms with E-state index >= 15 is 0 Å². The number of nitrogens with zero attached hydrogens (tertiary/aromatic N) is 2. The molecule has 0 unspecified atom stereocenters. The average molecular weight is 260 g/mol. The number of rotatable bonds is 3. The number of carbonyl (C=O) groups is 1. The minimum atomic E-state index is -0.536. The Hall–Kier alpha value is -2.76. The van der Waals surface area contributed by atoms with Gasteiger partial charge in [0, 0.05) is 18.5 Å². The third kappa shape index (κ3) is 2.92. The van der Waals surface area contributed by atoms with E-state index in [1.54, 1.807) is 24.3 Å². The Labute approximate surface area is 108 Å². The van der Waals surface area contributed by atoms with Gasteiger partial charge in [-0.3, -0.25) is 4.79 Å². The SMILES string of the molecule is C=C(O/N=c1\ccn(O)c2ccccc12)OC(C)=O. The van der Waals surface area contributed by atoms with E-state index in [1.165, 1.54) is 13.1 Å². The van der Waals surface area contributed by atoms with Crippen molar-refractivity contribution >= 4 is 16.9 Å². The molecule has 98 valence electrons. The third-order valence-corrected chi connectivity index (χ3v) is 2.30. The molecule has 0 amide bonds. The van der Waals surface area contributed by atoms with Gasteiger partial charge in [-0.15, -0.1) is 0 Å². The minimum absolute atomic E-state index is 0.211. The summed E-state index contributed by atoms with van der Waals surface area (Å²) in [6.45, 7) is 4.63. The molecule has 0 radical (unpaired) electrons. The van der Waals surface area contributed by atoms with Gasteiger partial charge in [-0.1, -0.05) is 23.4 Å². The highest BCUT2D eigenvalue weighted by Gasteiger charge is 2.02. The molecule has 0 bridgehead atoms. The number of hydrogen-bond donors (Lipinski definition) is 1. The summed E-state index contributed by atoms with van der Waals surface area (Å²) in [5.74, 6) is -0.747. The van der Waals surface area contributed by atoms with Crippen molar-refractivity contribution in [2.75, 3.05) is 0 Å². The predicted molar refractivity (Wildman–Crippen MR) is 66.7 cm³/mol. The molecule has 6 nitrogen and oxygen atoms in total. The Kier molecular flexibility index (Phi) is 3.51. The van der Waals surface area contributed by atoms with Gasteiger partial charge in [0.05, 0.1) is 5.52 Å². The highest BCUT2D eigenvalue weighted by Crippen LogP contribution is 2.07. The van der Waals surface area contributed by atoms with Crippen LogP contribution >= 0.6 is 0 Å². The first-order valence-corrected chi connectivity index (χ1v) is 5.46. The van der Waals surface area contributed by atoms with E-state index in [1.807, 2.05) is 6.07 Å². The number of fused-ring (bicyclic) bond motifs is 1. The van der Waals surface area contributed by atoms with Crippen molar-refractivity contribution in [3.8, 4) is 0 Å². The number of aromatic nitrogens is 1. The fraction of sp³-hybridized carbons (Fsp3) is 0.0769. The fourth-order valence-corrected chi connectivity index (χ4v) is 1.56. The lowest BCUT2D eigenvalue weighted by atomic mass is 10.2. The fourth-order valence-electron chi connectivity index (χ4n) is 1.56. The zero-order valence-corrected chi connectivity index (χ0v) is 10.2. The molecule has 1 aromatic carbocycles. The van der Waals surface area contributed by atoms with Crippen molar-refractivity contribution in [3.05, 3.63) is 54.4 Å². The second-order valence-electron chi connectivity index (χ2n) is 3.71. The molecule has 0 fully saturated rings. The Morgan fingerprint density at radius 2 is 2.11 bits per heavy atom. The van der Waals surface area contributed by atoms with Gasteiger partial charge in [-0.25, -0.2) is 0 Å². The first-order chi connectivity index (χ1) is 9.08. The Balaban J connectivity index is 2.38. The summed E-state index contributed by atoms with van der Waals surface area (Å²) >= 11 is 0. The summed E-state index contributed by atoms with van der Waals surface area (Å²) in [6.07, 6.45) is 1.43. The minimum Gasteiger partial charge on any atom is -0.428 e. The van der Waals surface area contributed by atoms with Crippen LogP contribution in [0.15, 0.2) is 54.2 Å². The van der Waals surface area contributed by atoms with E-state index in [0.29, 0.717) is 16.3 Å². The van der Waals surface area contributed by atoms with Crippen molar-refractivity contribution < 1.29 is 19.6 Å². The first-order valence-electron chi connectivity index (χ1n) is 5.46. The largest absolute Gasteiger partial charge is 0.428 e. The molecule has 0 saturated carbocycles. The second kappa shape index (κ2) is 5.26. The van der Waals surface area contributed by atoms with Gasteiger partial charge in [-0.2, -0.15) is 4.73 Å². The van der Waals surface area contributed by atoms with Crippen LogP contribution in [0.1, 0.15) is 6.92 Å². The van der Waals surface area contributed by atoms with Crippen LogP contribution < -0.4 is 5.36 Å². The molecular formula is C13H12N2O4. The van der Waals surface area contributed by atoms with Crippen LogP contribution in [0.25, 0.3) is 10.9 Å². The van der Waals surface area contributed by atoms with Crippen LogP contribution in [-0.2, 0) is 14.4 Å². The molecule has 1 N–H and O–H groups in total. The summed E-state index contributed by atoms with van der Waals surface area (Å²) < 4.78 is 5.59. The first kappa shape index (κ1) is 12.7. The quantitative estimate of drug-likeness (QED) is 0.395. The maximum Gasteiger partial charge on any atom is 0.310 e. The van der Waals surface area contributed by atoms with Gasteiger partial charge < -0.3 is 14.8 Å².